The molecule has 0 fully saturated rings. The number of hydrogen-bond acceptors (Lipinski definition) is 2. The van der Waals surface area contributed by atoms with Crippen LogP contribution in [0.15, 0.2) is 24.3 Å². The SMILES string of the molecule is CCCCc1ccc(C(C)NCCCN(C)C(C)C)cc1. The first-order valence-corrected chi connectivity index (χ1v) is 8.57. The number of nitrogens with zero attached hydrogens (tertiary/aromatic N) is 1. The lowest BCUT2D eigenvalue weighted by atomic mass is 10.0. The van der Waals surface area contributed by atoms with E-state index in [4.69, 9.17) is 0 Å². The van der Waals surface area contributed by atoms with Crippen LogP contribution in [0.1, 0.15) is 64.1 Å². The Balaban J connectivity index is 2.30. The van der Waals surface area contributed by atoms with Gasteiger partial charge in [-0.2, -0.15) is 0 Å². The maximum atomic E-state index is 3.63. The van der Waals surface area contributed by atoms with Gasteiger partial charge in [0.2, 0.25) is 0 Å². The van der Waals surface area contributed by atoms with E-state index in [0.29, 0.717) is 12.1 Å². The van der Waals surface area contributed by atoms with Crippen LogP contribution in [-0.2, 0) is 6.42 Å². The highest BCUT2D eigenvalue weighted by atomic mass is 15.1. The van der Waals surface area contributed by atoms with Crippen LogP contribution < -0.4 is 5.32 Å². The molecule has 0 radical (unpaired) electrons. The molecule has 1 aromatic carbocycles. The molecule has 0 aliphatic heterocycles. The lowest BCUT2D eigenvalue weighted by molar-refractivity contribution is 0.268. The molecule has 2 heteroatoms. The van der Waals surface area contributed by atoms with Crippen molar-refractivity contribution in [3.05, 3.63) is 35.4 Å². The molecule has 0 heterocycles. The van der Waals surface area contributed by atoms with E-state index in [-0.39, 0.29) is 0 Å². The number of aryl methyl sites for hydroxylation is 1. The molecule has 1 N–H and O–H groups in total. The molecule has 2 nitrogen and oxygen atoms in total. The molecule has 0 aliphatic rings. The van der Waals surface area contributed by atoms with E-state index in [1.165, 1.54) is 36.8 Å². The van der Waals surface area contributed by atoms with Gasteiger partial charge < -0.3 is 10.2 Å². The Bertz CT molecular complexity index is 370. The first-order chi connectivity index (χ1) is 10.0. The van der Waals surface area contributed by atoms with Gasteiger partial charge in [0.05, 0.1) is 0 Å². The summed E-state index contributed by atoms with van der Waals surface area (Å²) in [4.78, 5) is 2.40. The van der Waals surface area contributed by atoms with E-state index in [0.717, 1.165) is 13.1 Å². The van der Waals surface area contributed by atoms with Gasteiger partial charge in [-0.05, 0) is 71.3 Å². The molecule has 1 unspecified atom stereocenters. The van der Waals surface area contributed by atoms with E-state index in [9.17, 15) is 0 Å². The van der Waals surface area contributed by atoms with E-state index in [2.05, 4.69) is 69.2 Å². The molecule has 0 bridgehead atoms. The van der Waals surface area contributed by atoms with Crippen molar-refractivity contribution in [3.63, 3.8) is 0 Å². The highest BCUT2D eigenvalue weighted by molar-refractivity contribution is 5.24. The topological polar surface area (TPSA) is 15.3 Å². The standard InChI is InChI=1S/C19H34N2/c1-6-7-9-18-10-12-19(13-11-18)17(4)20-14-8-15-21(5)16(2)3/h10-13,16-17,20H,6-9,14-15H2,1-5H3. The van der Waals surface area contributed by atoms with Gasteiger partial charge in [0.1, 0.15) is 0 Å². The zero-order chi connectivity index (χ0) is 15.7. The first kappa shape index (κ1) is 18.2. The highest BCUT2D eigenvalue weighted by Gasteiger charge is 2.06. The zero-order valence-electron chi connectivity index (χ0n) is 14.7. The van der Waals surface area contributed by atoms with Crippen molar-refractivity contribution in [1.82, 2.24) is 10.2 Å². The molecule has 0 saturated heterocycles. The van der Waals surface area contributed by atoms with Crippen LogP contribution in [0.4, 0.5) is 0 Å². The van der Waals surface area contributed by atoms with Crippen LogP contribution in [0.2, 0.25) is 0 Å². The number of benzene rings is 1. The molecule has 0 aromatic heterocycles. The molecule has 1 aromatic rings. The summed E-state index contributed by atoms with van der Waals surface area (Å²) in [6.45, 7) is 11.2. The monoisotopic (exact) mass is 290 g/mol. The Morgan fingerprint density at radius 1 is 1.05 bits per heavy atom. The van der Waals surface area contributed by atoms with E-state index < -0.39 is 0 Å². The lowest BCUT2D eigenvalue weighted by Gasteiger charge is -2.21. The van der Waals surface area contributed by atoms with Crippen molar-refractivity contribution >= 4 is 0 Å². The summed E-state index contributed by atoms with van der Waals surface area (Å²) in [7, 11) is 2.20. The van der Waals surface area contributed by atoms with Crippen molar-refractivity contribution in [3.8, 4) is 0 Å². The van der Waals surface area contributed by atoms with E-state index in [1.807, 2.05) is 0 Å². The Labute approximate surface area is 131 Å². The Morgan fingerprint density at radius 2 is 1.71 bits per heavy atom. The van der Waals surface area contributed by atoms with Crippen molar-refractivity contribution in [1.29, 1.82) is 0 Å². The number of hydrogen-bond donors (Lipinski definition) is 1. The molecule has 1 rings (SSSR count). The van der Waals surface area contributed by atoms with Crippen LogP contribution in [0.3, 0.4) is 0 Å². The number of unbranched alkanes of at least 4 members (excludes halogenated alkanes) is 1. The minimum Gasteiger partial charge on any atom is -0.310 e. The van der Waals surface area contributed by atoms with Crippen molar-refractivity contribution in [2.45, 2.75) is 65.5 Å². The summed E-state index contributed by atoms with van der Waals surface area (Å²) in [5.74, 6) is 0. The summed E-state index contributed by atoms with van der Waals surface area (Å²) in [6, 6.07) is 10.2. The van der Waals surface area contributed by atoms with Crippen LogP contribution in [0.5, 0.6) is 0 Å². The Hall–Kier alpha value is -0.860. The second-order valence-corrected chi connectivity index (χ2v) is 6.45. The molecule has 120 valence electrons. The molecular weight excluding hydrogens is 256 g/mol. The highest BCUT2D eigenvalue weighted by Crippen LogP contribution is 2.14. The third-order valence-electron chi connectivity index (χ3n) is 4.32. The number of rotatable bonds is 10. The molecule has 0 saturated carbocycles. The maximum absolute atomic E-state index is 3.63. The second-order valence-electron chi connectivity index (χ2n) is 6.45. The van der Waals surface area contributed by atoms with Gasteiger partial charge >= 0.3 is 0 Å². The largest absolute Gasteiger partial charge is 0.310 e. The smallest absolute Gasteiger partial charge is 0.0291 e. The average Bonchev–Trinajstić information content (AvgIpc) is 2.49. The zero-order valence-corrected chi connectivity index (χ0v) is 14.7. The van der Waals surface area contributed by atoms with E-state index in [1.54, 1.807) is 0 Å². The van der Waals surface area contributed by atoms with Crippen molar-refractivity contribution in [2.24, 2.45) is 0 Å². The summed E-state index contributed by atoms with van der Waals surface area (Å²) in [6.07, 6.45) is 4.97. The van der Waals surface area contributed by atoms with Crippen molar-refractivity contribution < 1.29 is 0 Å². The molecule has 0 amide bonds. The molecular formula is C19H34N2. The molecule has 21 heavy (non-hydrogen) atoms. The van der Waals surface area contributed by atoms with Gasteiger partial charge in [-0.25, -0.2) is 0 Å². The molecule has 1 atom stereocenters. The van der Waals surface area contributed by atoms with Crippen molar-refractivity contribution in [2.75, 3.05) is 20.1 Å². The first-order valence-electron chi connectivity index (χ1n) is 8.57. The van der Waals surface area contributed by atoms with Crippen LogP contribution in [-0.4, -0.2) is 31.1 Å². The van der Waals surface area contributed by atoms with Gasteiger partial charge in [-0.15, -0.1) is 0 Å². The summed E-state index contributed by atoms with van der Waals surface area (Å²) in [5.41, 5.74) is 2.86. The van der Waals surface area contributed by atoms with Gasteiger partial charge in [-0.3, -0.25) is 0 Å². The van der Waals surface area contributed by atoms with Gasteiger partial charge in [0.25, 0.3) is 0 Å². The van der Waals surface area contributed by atoms with Gasteiger partial charge in [0.15, 0.2) is 0 Å². The minimum atomic E-state index is 0.439. The fraction of sp³-hybridized carbons (Fsp3) is 0.684. The predicted octanol–water partition coefficient (Wildman–Crippen LogP) is 4.41. The van der Waals surface area contributed by atoms with Crippen LogP contribution in [0, 0.1) is 0 Å². The summed E-state index contributed by atoms with van der Waals surface area (Å²) in [5, 5.41) is 3.63. The molecule has 0 spiro atoms. The second kappa shape index (κ2) is 9.97. The third-order valence-corrected chi connectivity index (χ3v) is 4.32. The Morgan fingerprint density at radius 3 is 2.29 bits per heavy atom. The fourth-order valence-electron chi connectivity index (χ4n) is 2.38. The summed E-state index contributed by atoms with van der Waals surface area (Å²) < 4.78 is 0. The van der Waals surface area contributed by atoms with Gasteiger partial charge in [-0.1, -0.05) is 37.6 Å². The summed E-state index contributed by atoms with van der Waals surface area (Å²) >= 11 is 0. The fourth-order valence-corrected chi connectivity index (χ4v) is 2.38. The minimum absolute atomic E-state index is 0.439. The third kappa shape index (κ3) is 7.10. The van der Waals surface area contributed by atoms with Crippen LogP contribution >= 0.6 is 0 Å². The predicted molar refractivity (Wildman–Crippen MR) is 93.9 cm³/mol. The van der Waals surface area contributed by atoms with Crippen LogP contribution in [0.25, 0.3) is 0 Å². The maximum Gasteiger partial charge on any atom is 0.0291 e. The average molecular weight is 290 g/mol. The number of nitrogens with one attached hydrogen (secondary N) is 1. The lowest BCUT2D eigenvalue weighted by Crippen LogP contribution is -2.30. The van der Waals surface area contributed by atoms with E-state index >= 15 is 0 Å². The molecule has 0 aliphatic carbocycles. The quantitative estimate of drug-likeness (QED) is 0.642. The van der Waals surface area contributed by atoms with Gasteiger partial charge in [0, 0.05) is 12.1 Å². The normalized spacial score (nSPS) is 13.1. The Kier molecular flexibility index (Phi) is 8.63.